The quantitative estimate of drug-likeness (QED) is 0.401. The average molecular weight is 376 g/mol. The van der Waals surface area contributed by atoms with Crippen molar-refractivity contribution in [1.29, 1.82) is 0 Å². The fourth-order valence-electron chi connectivity index (χ4n) is 2.15. The molecule has 0 atom stereocenters. The number of benzene rings is 2. The number of carboxylic acid groups (broad SMARTS) is 1. The van der Waals surface area contributed by atoms with Gasteiger partial charge in [0.25, 0.3) is 0 Å². The van der Waals surface area contributed by atoms with Gasteiger partial charge in [-0.3, -0.25) is 0 Å². The summed E-state index contributed by atoms with van der Waals surface area (Å²) in [5, 5.41) is 27.8. The SMILES string of the molecule is O=C(O)c1c(F)ccc([N+](=O)[O-])c1[As]c1ccc2[nH]ncc2c1. The van der Waals surface area contributed by atoms with Crippen LogP contribution in [0.2, 0.25) is 0 Å². The number of halogens is 1. The zero-order valence-corrected chi connectivity index (χ0v) is 13.2. The molecule has 115 valence electrons. The number of H-pyrrole nitrogens is 1. The molecule has 0 spiro atoms. The van der Waals surface area contributed by atoms with E-state index in [1.54, 1.807) is 24.4 Å². The summed E-state index contributed by atoms with van der Waals surface area (Å²) in [4.78, 5) is 21.8. The molecule has 0 aliphatic rings. The Bertz CT molecular complexity index is 941. The number of nitrogens with zero attached hydrogens (tertiary/aromatic N) is 2. The van der Waals surface area contributed by atoms with E-state index in [9.17, 15) is 24.4 Å². The van der Waals surface area contributed by atoms with Gasteiger partial charge in [-0.15, -0.1) is 0 Å². The molecule has 0 bridgehead atoms. The Kier molecular flexibility index (Phi) is 3.83. The molecule has 0 saturated heterocycles. The van der Waals surface area contributed by atoms with Crippen LogP contribution in [0.1, 0.15) is 10.4 Å². The number of aromatic amines is 1. The third-order valence-electron chi connectivity index (χ3n) is 3.18. The van der Waals surface area contributed by atoms with Crippen LogP contribution < -0.4 is 8.70 Å². The minimum atomic E-state index is -1.51. The second-order valence-electron chi connectivity index (χ2n) is 4.61. The molecule has 1 heterocycles. The van der Waals surface area contributed by atoms with Crippen LogP contribution in [-0.2, 0) is 0 Å². The van der Waals surface area contributed by atoms with Crippen LogP contribution >= 0.6 is 0 Å². The summed E-state index contributed by atoms with van der Waals surface area (Å²) in [7, 11) is 0. The minimum absolute atomic E-state index is 0.0680. The van der Waals surface area contributed by atoms with Gasteiger partial charge < -0.3 is 0 Å². The van der Waals surface area contributed by atoms with Gasteiger partial charge in [0.2, 0.25) is 0 Å². The molecule has 3 aromatic rings. The monoisotopic (exact) mass is 376 g/mol. The molecule has 1 radical (unpaired) electrons. The van der Waals surface area contributed by atoms with Crippen molar-refractivity contribution in [3.05, 3.63) is 58.0 Å². The molecule has 23 heavy (non-hydrogen) atoms. The molecule has 0 fully saturated rings. The van der Waals surface area contributed by atoms with E-state index in [0.717, 1.165) is 23.0 Å². The van der Waals surface area contributed by atoms with Gasteiger partial charge >= 0.3 is 134 Å². The third-order valence-corrected chi connectivity index (χ3v) is 5.73. The van der Waals surface area contributed by atoms with Crippen molar-refractivity contribution in [2.45, 2.75) is 0 Å². The molecule has 3 rings (SSSR count). The number of fused-ring (bicyclic) bond motifs is 1. The topological polar surface area (TPSA) is 109 Å². The second kappa shape index (κ2) is 5.81. The van der Waals surface area contributed by atoms with Crippen molar-refractivity contribution < 1.29 is 19.2 Å². The number of aromatic carboxylic acids is 1. The molecule has 2 N–H and O–H groups in total. The van der Waals surface area contributed by atoms with Crippen LogP contribution in [0.3, 0.4) is 0 Å². The van der Waals surface area contributed by atoms with Gasteiger partial charge in [0.05, 0.1) is 0 Å². The molecular formula is C14H8AsFN3O4. The first-order valence-electron chi connectivity index (χ1n) is 6.32. The standard InChI is InChI=1S/C14H8AsFN3O4/c16-9-2-4-11(19(22)23)13(12(9)14(20)21)15-8-1-3-10-7(5-8)6-17-18-10/h1-6H,(H,17,18)(H,20,21). The summed E-state index contributed by atoms with van der Waals surface area (Å²) in [5.41, 5.74) is -0.218. The Hall–Kier alpha value is -2.73. The van der Waals surface area contributed by atoms with Gasteiger partial charge in [-0.1, -0.05) is 0 Å². The summed E-state index contributed by atoms with van der Waals surface area (Å²) in [6.45, 7) is 0. The third kappa shape index (κ3) is 2.80. The van der Waals surface area contributed by atoms with Gasteiger partial charge in [-0.2, -0.15) is 0 Å². The molecule has 0 aliphatic heterocycles. The summed E-state index contributed by atoms with van der Waals surface area (Å²) < 4.78 is 14.5. The van der Waals surface area contributed by atoms with E-state index < -0.39 is 38.0 Å². The van der Waals surface area contributed by atoms with Crippen LogP contribution in [0.4, 0.5) is 10.1 Å². The summed E-state index contributed by atoms with van der Waals surface area (Å²) in [5.74, 6) is -2.49. The predicted octanol–water partition coefficient (Wildman–Crippen LogP) is 0.963. The van der Waals surface area contributed by atoms with Crippen molar-refractivity contribution >= 4 is 47.0 Å². The molecule has 2 aromatic carbocycles. The number of carboxylic acids is 1. The number of nitro groups is 1. The molecule has 7 nitrogen and oxygen atoms in total. The Morgan fingerprint density at radius 3 is 2.83 bits per heavy atom. The second-order valence-corrected chi connectivity index (χ2v) is 7.10. The van der Waals surface area contributed by atoms with Crippen LogP contribution in [-0.4, -0.2) is 41.9 Å². The van der Waals surface area contributed by atoms with E-state index in [4.69, 9.17) is 0 Å². The number of hydrogen-bond acceptors (Lipinski definition) is 4. The van der Waals surface area contributed by atoms with Crippen molar-refractivity contribution in [3.63, 3.8) is 0 Å². The Morgan fingerprint density at radius 1 is 1.35 bits per heavy atom. The molecule has 0 unspecified atom stereocenters. The number of nitro benzene ring substituents is 1. The maximum atomic E-state index is 13.8. The fourth-order valence-corrected chi connectivity index (χ4v) is 4.66. The fraction of sp³-hybridized carbons (Fsp3) is 0. The summed E-state index contributed by atoms with van der Waals surface area (Å²) in [6, 6.07) is 7.05. The maximum absolute atomic E-state index is 13.8. The zero-order chi connectivity index (χ0) is 16.6. The van der Waals surface area contributed by atoms with E-state index in [-0.39, 0.29) is 10.0 Å². The van der Waals surface area contributed by atoms with Gasteiger partial charge in [-0.25, -0.2) is 0 Å². The molecule has 0 saturated carbocycles. The van der Waals surface area contributed by atoms with Crippen molar-refractivity contribution in [3.8, 4) is 0 Å². The Balaban J connectivity index is 2.15. The number of rotatable bonds is 4. The molecule has 0 amide bonds. The van der Waals surface area contributed by atoms with Gasteiger partial charge in [-0.05, 0) is 0 Å². The van der Waals surface area contributed by atoms with Crippen LogP contribution in [0.25, 0.3) is 10.9 Å². The number of hydrogen-bond donors (Lipinski definition) is 2. The van der Waals surface area contributed by atoms with Crippen molar-refractivity contribution in [1.82, 2.24) is 10.2 Å². The van der Waals surface area contributed by atoms with Gasteiger partial charge in [0.1, 0.15) is 0 Å². The zero-order valence-electron chi connectivity index (χ0n) is 11.4. The first-order chi connectivity index (χ1) is 11.0. The average Bonchev–Trinajstić information content (AvgIpc) is 2.94. The van der Waals surface area contributed by atoms with E-state index in [1.165, 1.54) is 0 Å². The predicted molar refractivity (Wildman–Crippen MR) is 81.1 cm³/mol. The number of nitrogens with one attached hydrogen (secondary N) is 1. The van der Waals surface area contributed by atoms with Crippen LogP contribution in [0, 0.1) is 15.9 Å². The van der Waals surface area contributed by atoms with E-state index in [0.29, 0.717) is 4.35 Å². The van der Waals surface area contributed by atoms with Gasteiger partial charge in [0, 0.05) is 0 Å². The van der Waals surface area contributed by atoms with Gasteiger partial charge in [0.15, 0.2) is 0 Å². The Morgan fingerprint density at radius 2 is 2.13 bits per heavy atom. The molecule has 1 aromatic heterocycles. The van der Waals surface area contributed by atoms with Crippen molar-refractivity contribution in [2.75, 3.05) is 0 Å². The first kappa shape index (κ1) is 15.2. The van der Waals surface area contributed by atoms with Crippen LogP contribution in [0.15, 0.2) is 36.5 Å². The van der Waals surface area contributed by atoms with E-state index in [1.807, 2.05) is 0 Å². The van der Waals surface area contributed by atoms with E-state index in [2.05, 4.69) is 10.2 Å². The number of carbonyl (C=O) groups is 1. The summed E-state index contributed by atoms with van der Waals surface area (Å²) in [6.07, 6.45) is 1.60. The molecule has 0 aliphatic carbocycles. The first-order valence-corrected chi connectivity index (χ1v) is 8.20. The van der Waals surface area contributed by atoms with Crippen LogP contribution in [0.5, 0.6) is 0 Å². The van der Waals surface area contributed by atoms with Crippen molar-refractivity contribution in [2.24, 2.45) is 0 Å². The Labute approximate surface area is 135 Å². The normalized spacial score (nSPS) is 11.3. The molecule has 9 heteroatoms. The molecular weight excluding hydrogens is 368 g/mol. The summed E-state index contributed by atoms with van der Waals surface area (Å²) >= 11 is -1.08. The number of aromatic nitrogens is 2. The van der Waals surface area contributed by atoms with E-state index >= 15 is 0 Å².